The zero-order valence-corrected chi connectivity index (χ0v) is 15.8. The van der Waals surface area contributed by atoms with E-state index in [9.17, 15) is 0 Å². The molecule has 0 saturated heterocycles. The van der Waals surface area contributed by atoms with Crippen LogP contribution < -0.4 is 15.4 Å². The molecular weight excluding hydrogens is 348 g/mol. The summed E-state index contributed by atoms with van der Waals surface area (Å²) in [6, 6.07) is 15.6. The third-order valence-electron chi connectivity index (χ3n) is 3.84. The summed E-state index contributed by atoms with van der Waals surface area (Å²) >= 11 is 5.92. The quantitative estimate of drug-likeness (QED) is 0.633. The second-order valence-corrected chi connectivity index (χ2v) is 6.46. The van der Waals surface area contributed by atoms with E-state index in [1.54, 1.807) is 7.11 Å². The minimum atomic E-state index is 0.564. The summed E-state index contributed by atoms with van der Waals surface area (Å²) in [4.78, 5) is 9.00. The normalized spacial score (nSPS) is 10.5. The third-order valence-corrected chi connectivity index (χ3v) is 4.09. The number of methoxy groups -OCH3 is 1. The Labute approximate surface area is 158 Å². The molecule has 0 bridgehead atoms. The molecule has 6 heteroatoms. The molecule has 0 aliphatic carbocycles. The summed E-state index contributed by atoms with van der Waals surface area (Å²) in [5, 5.41) is 7.29. The molecule has 26 heavy (non-hydrogen) atoms. The molecule has 0 aliphatic rings. The number of aromatic nitrogens is 2. The Balaban J connectivity index is 1.77. The lowest BCUT2D eigenvalue weighted by Crippen LogP contribution is -2.06. The van der Waals surface area contributed by atoms with Gasteiger partial charge in [-0.15, -0.1) is 0 Å². The topological polar surface area (TPSA) is 59.1 Å². The summed E-state index contributed by atoms with van der Waals surface area (Å²) in [7, 11) is 1.65. The molecule has 0 amide bonds. The van der Waals surface area contributed by atoms with Crippen molar-refractivity contribution >= 4 is 29.1 Å². The van der Waals surface area contributed by atoms with Gasteiger partial charge in [-0.25, -0.2) is 4.98 Å². The van der Waals surface area contributed by atoms with E-state index in [2.05, 4.69) is 20.6 Å². The van der Waals surface area contributed by atoms with Crippen LogP contribution in [0.25, 0.3) is 0 Å². The first-order chi connectivity index (χ1) is 12.5. The second kappa shape index (κ2) is 8.06. The van der Waals surface area contributed by atoms with Crippen LogP contribution in [0.2, 0.25) is 5.02 Å². The Hall–Kier alpha value is -2.79. The van der Waals surface area contributed by atoms with E-state index in [1.807, 2.05) is 62.4 Å². The van der Waals surface area contributed by atoms with E-state index in [4.69, 9.17) is 16.3 Å². The van der Waals surface area contributed by atoms with Gasteiger partial charge >= 0.3 is 0 Å². The van der Waals surface area contributed by atoms with Crippen molar-refractivity contribution in [1.82, 2.24) is 9.97 Å². The summed E-state index contributed by atoms with van der Waals surface area (Å²) in [6.07, 6.45) is 0. The number of nitrogens with one attached hydrogen (secondary N) is 2. The van der Waals surface area contributed by atoms with Gasteiger partial charge in [0, 0.05) is 23.3 Å². The highest BCUT2D eigenvalue weighted by atomic mass is 35.5. The number of anilines is 3. The van der Waals surface area contributed by atoms with Crippen LogP contribution in [-0.4, -0.2) is 17.1 Å². The van der Waals surface area contributed by atoms with Crippen molar-refractivity contribution in [1.29, 1.82) is 0 Å². The maximum atomic E-state index is 5.92. The minimum absolute atomic E-state index is 0.564. The van der Waals surface area contributed by atoms with Crippen LogP contribution >= 0.6 is 11.6 Å². The van der Waals surface area contributed by atoms with Crippen molar-refractivity contribution in [2.24, 2.45) is 0 Å². The Bertz CT molecular complexity index is 897. The van der Waals surface area contributed by atoms with Crippen LogP contribution in [0.1, 0.15) is 16.8 Å². The van der Waals surface area contributed by atoms with Crippen molar-refractivity contribution in [3.8, 4) is 5.75 Å². The van der Waals surface area contributed by atoms with Gasteiger partial charge in [0.25, 0.3) is 0 Å². The number of benzene rings is 2. The third kappa shape index (κ3) is 4.64. The number of aryl methyl sites for hydroxylation is 2. The Kier molecular flexibility index (Phi) is 5.58. The van der Waals surface area contributed by atoms with Crippen LogP contribution in [-0.2, 0) is 6.54 Å². The monoisotopic (exact) mass is 368 g/mol. The molecule has 0 aliphatic heterocycles. The van der Waals surface area contributed by atoms with Crippen LogP contribution in [0.4, 0.5) is 17.5 Å². The van der Waals surface area contributed by atoms with E-state index < -0.39 is 0 Å². The highest BCUT2D eigenvalue weighted by molar-refractivity contribution is 6.30. The predicted molar refractivity (Wildman–Crippen MR) is 107 cm³/mol. The molecule has 134 valence electrons. The van der Waals surface area contributed by atoms with E-state index in [0.29, 0.717) is 18.3 Å². The first kappa shape index (κ1) is 18.0. The fraction of sp³-hybridized carbons (Fsp3) is 0.200. The van der Waals surface area contributed by atoms with Gasteiger partial charge in [-0.1, -0.05) is 29.8 Å². The van der Waals surface area contributed by atoms with Gasteiger partial charge < -0.3 is 15.4 Å². The van der Waals surface area contributed by atoms with Gasteiger partial charge in [0.1, 0.15) is 11.6 Å². The summed E-state index contributed by atoms with van der Waals surface area (Å²) in [5.74, 6) is 2.04. The Morgan fingerprint density at radius 3 is 2.50 bits per heavy atom. The number of nitrogens with zero attached hydrogens (tertiary/aromatic N) is 2. The SMILES string of the molecule is COc1ccc(C)cc1Nc1cc(C)nc(NCc2ccc(Cl)cc2)n1. The molecule has 0 spiro atoms. The molecule has 2 N–H and O–H groups in total. The van der Waals surface area contributed by atoms with E-state index in [0.717, 1.165) is 33.3 Å². The standard InChI is InChI=1S/C20H21ClN4O/c1-13-4-9-18(26-3)17(10-13)24-19-11-14(2)23-20(25-19)22-12-15-5-7-16(21)8-6-15/h4-11H,12H2,1-3H3,(H2,22,23,24,25). The zero-order chi connectivity index (χ0) is 18.5. The van der Waals surface area contributed by atoms with Crippen LogP contribution in [0.3, 0.4) is 0 Å². The summed E-state index contributed by atoms with van der Waals surface area (Å²) < 4.78 is 5.42. The average molecular weight is 369 g/mol. The van der Waals surface area contributed by atoms with Crippen molar-refractivity contribution in [2.45, 2.75) is 20.4 Å². The Morgan fingerprint density at radius 2 is 1.77 bits per heavy atom. The van der Waals surface area contributed by atoms with Gasteiger partial charge in [0.15, 0.2) is 0 Å². The molecule has 0 unspecified atom stereocenters. The maximum Gasteiger partial charge on any atom is 0.225 e. The Morgan fingerprint density at radius 1 is 1.00 bits per heavy atom. The predicted octanol–water partition coefficient (Wildman–Crippen LogP) is 5.11. The lowest BCUT2D eigenvalue weighted by atomic mass is 10.2. The van der Waals surface area contributed by atoms with Crippen molar-refractivity contribution in [3.63, 3.8) is 0 Å². The number of rotatable bonds is 6. The molecule has 2 aromatic carbocycles. The zero-order valence-electron chi connectivity index (χ0n) is 15.0. The number of ether oxygens (including phenoxy) is 1. The van der Waals surface area contributed by atoms with Crippen LogP contribution in [0.15, 0.2) is 48.5 Å². The molecule has 0 fully saturated rings. The smallest absolute Gasteiger partial charge is 0.225 e. The number of hydrogen-bond donors (Lipinski definition) is 2. The average Bonchev–Trinajstić information content (AvgIpc) is 2.61. The first-order valence-corrected chi connectivity index (χ1v) is 8.67. The van der Waals surface area contributed by atoms with E-state index >= 15 is 0 Å². The maximum absolute atomic E-state index is 5.92. The molecule has 0 atom stereocenters. The van der Waals surface area contributed by atoms with Crippen molar-refractivity contribution in [3.05, 3.63) is 70.4 Å². The van der Waals surface area contributed by atoms with Gasteiger partial charge in [0.05, 0.1) is 12.8 Å². The van der Waals surface area contributed by atoms with E-state index in [1.165, 1.54) is 0 Å². The van der Waals surface area contributed by atoms with Crippen molar-refractivity contribution in [2.75, 3.05) is 17.7 Å². The van der Waals surface area contributed by atoms with Gasteiger partial charge in [-0.05, 0) is 49.2 Å². The molecule has 3 aromatic rings. The molecule has 5 nitrogen and oxygen atoms in total. The fourth-order valence-electron chi connectivity index (χ4n) is 2.55. The van der Waals surface area contributed by atoms with Crippen LogP contribution in [0, 0.1) is 13.8 Å². The van der Waals surface area contributed by atoms with Gasteiger partial charge in [0.2, 0.25) is 5.95 Å². The molecule has 0 radical (unpaired) electrons. The molecule has 0 saturated carbocycles. The van der Waals surface area contributed by atoms with Crippen LogP contribution in [0.5, 0.6) is 5.75 Å². The van der Waals surface area contributed by atoms with Crippen molar-refractivity contribution < 1.29 is 4.74 Å². The number of hydrogen-bond acceptors (Lipinski definition) is 5. The van der Waals surface area contributed by atoms with E-state index in [-0.39, 0.29) is 0 Å². The molecule has 1 aromatic heterocycles. The summed E-state index contributed by atoms with van der Waals surface area (Å²) in [5.41, 5.74) is 3.98. The lowest BCUT2D eigenvalue weighted by Gasteiger charge is -2.13. The lowest BCUT2D eigenvalue weighted by molar-refractivity contribution is 0.416. The largest absolute Gasteiger partial charge is 0.495 e. The second-order valence-electron chi connectivity index (χ2n) is 6.03. The molecular formula is C20H21ClN4O. The first-order valence-electron chi connectivity index (χ1n) is 8.29. The number of halogens is 1. The minimum Gasteiger partial charge on any atom is -0.495 e. The molecule has 1 heterocycles. The summed E-state index contributed by atoms with van der Waals surface area (Å²) in [6.45, 7) is 4.59. The highest BCUT2D eigenvalue weighted by Crippen LogP contribution is 2.28. The van der Waals surface area contributed by atoms with Gasteiger partial charge in [-0.3, -0.25) is 0 Å². The molecule has 3 rings (SSSR count). The van der Waals surface area contributed by atoms with Gasteiger partial charge in [-0.2, -0.15) is 4.98 Å². The fourth-order valence-corrected chi connectivity index (χ4v) is 2.68. The highest BCUT2D eigenvalue weighted by Gasteiger charge is 2.07.